The largest absolute Gasteiger partial charge is 0.496 e. The maximum absolute atomic E-state index is 5.25. The molecule has 0 aliphatic rings. The van der Waals surface area contributed by atoms with Crippen molar-refractivity contribution in [2.75, 3.05) is 12.4 Å². The minimum absolute atomic E-state index is 0.336. The lowest BCUT2D eigenvalue weighted by atomic mass is 9.82. The molecule has 0 spiro atoms. The molecule has 1 rings (SSSR count). The van der Waals surface area contributed by atoms with E-state index in [4.69, 9.17) is 4.74 Å². The van der Waals surface area contributed by atoms with Crippen molar-refractivity contribution in [2.45, 2.75) is 33.1 Å². The summed E-state index contributed by atoms with van der Waals surface area (Å²) in [4.78, 5) is 0. The van der Waals surface area contributed by atoms with Gasteiger partial charge in [0.2, 0.25) is 0 Å². The Bertz CT molecular complexity index is 365. The second-order valence-corrected chi connectivity index (χ2v) is 6.26. The minimum Gasteiger partial charge on any atom is -0.496 e. The van der Waals surface area contributed by atoms with Crippen LogP contribution in [0.1, 0.15) is 32.3 Å². The molecule has 0 radical (unpaired) electrons. The summed E-state index contributed by atoms with van der Waals surface area (Å²) < 4.78 is 6.28. The first-order valence-electron chi connectivity index (χ1n) is 5.93. The number of hydrogen-bond acceptors (Lipinski definition) is 1. The number of rotatable bonds is 6. The van der Waals surface area contributed by atoms with E-state index in [1.165, 1.54) is 18.4 Å². The van der Waals surface area contributed by atoms with Crippen LogP contribution in [0.2, 0.25) is 0 Å². The van der Waals surface area contributed by atoms with Gasteiger partial charge in [0.05, 0.1) is 11.6 Å². The Morgan fingerprint density at radius 2 is 2.06 bits per heavy atom. The van der Waals surface area contributed by atoms with Gasteiger partial charge in [-0.1, -0.05) is 42.3 Å². The highest BCUT2D eigenvalue weighted by Crippen LogP contribution is 2.33. The molecule has 0 N–H and O–H groups in total. The zero-order chi connectivity index (χ0) is 12.9. The molecule has 1 nitrogen and oxygen atoms in total. The Labute approximate surface area is 121 Å². The summed E-state index contributed by atoms with van der Waals surface area (Å²) >= 11 is 7.18. The molecule has 0 aliphatic carbocycles. The highest BCUT2D eigenvalue weighted by molar-refractivity contribution is 9.10. The van der Waals surface area contributed by atoms with Crippen LogP contribution in [-0.2, 0) is 6.42 Å². The summed E-state index contributed by atoms with van der Waals surface area (Å²) in [5, 5.41) is 1.04. The monoisotopic (exact) mass is 362 g/mol. The van der Waals surface area contributed by atoms with E-state index >= 15 is 0 Å². The number of benzene rings is 1. The van der Waals surface area contributed by atoms with Crippen LogP contribution in [0.3, 0.4) is 0 Å². The highest BCUT2D eigenvalue weighted by atomic mass is 79.9. The maximum atomic E-state index is 5.25. The van der Waals surface area contributed by atoms with Crippen molar-refractivity contribution in [3.8, 4) is 5.75 Å². The van der Waals surface area contributed by atoms with Gasteiger partial charge in [0.15, 0.2) is 0 Å². The summed E-state index contributed by atoms with van der Waals surface area (Å²) in [6.45, 7) is 4.58. The minimum atomic E-state index is 0.336. The van der Waals surface area contributed by atoms with Gasteiger partial charge in [-0.05, 0) is 51.9 Å². The van der Waals surface area contributed by atoms with Crippen LogP contribution < -0.4 is 4.74 Å². The van der Waals surface area contributed by atoms with Crippen LogP contribution in [0, 0.1) is 5.41 Å². The van der Waals surface area contributed by atoms with Crippen molar-refractivity contribution in [1.29, 1.82) is 0 Å². The van der Waals surface area contributed by atoms with E-state index in [9.17, 15) is 0 Å². The Balaban J connectivity index is 2.83. The zero-order valence-corrected chi connectivity index (χ0v) is 13.9. The van der Waals surface area contributed by atoms with Crippen molar-refractivity contribution < 1.29 is 4.74 Å². The number of hydrogen-bond donors (Lipinski definition) is 0. The molecule has 17 heavy (non-hydrogen) atoms. The smallest absolute Gasteiger partial charge is 0.133 e. The first kappa shape index (κ1) is 15.0. The Morgan fingerprint density at radius 3 is 2.53 bits per heavy atom. The third kappa shape index (κ3) is 4.29. The topological polar surface area (TPSA) is 9.23 Å². The third-order valence-electron chi connectivity index (χ3n) is 3.02. The molecule has 0 saturated carbocycles. The lowest BCUT2D eigenvalue weighted by Gasteiger charge is -2.27. The Morgan fingerprint density at radius 1 is 1.35 bits per heavy atom. The van der Waals surface area contributed by atoms with Gasteiger partial charge >= 0.3 is 0 Å². The second kappa shape index (κ2) is 6.79. The van der Waals surface area contributed by atoms with Gasteiger partial charge in [-0.3, -0.25) is 0 Å². The van der Waals surface area contributed by atoms with Crippen LogP contribution in [0.5, 0.6) is 5.75 Å². The van der Waals surface area contributed by atoms with E-state index < -0.39 is 0 Å². The van der Waals surface area contributed by atoms with Gasteiger partial charge in [-0.25, -0.2) is 0 Å². The number of methoxy groups -OCH3 is 1. The van der Waals surface area contributed by atoms with E-state index in [1.807, 2.05) is 6.07 Å². The summed E-state index contributed by atoms with van der Waals surface area (Å²) in [5.41, 5.74) is 1.69. The Hall–Kier alpha value is -0.0200. The van der Waals surface area contributed by atoms with Crippen LogP contribution in [0.25, 0.3) is 0 Å². The fraction of sp³-hybridized carbons (Fsp3) is 0.571. The second-order valence-electron chi connectivity index (χ2n) is 4.84. The third-order valence-corrected chi connectivity index (χ3v) is 5.00. The van der Waals surface area contributed by atoms with E-state index in [2.05, 4.69) is 57.8 Å². The van der Waals surface area contributed by atoms with Gasteiger partial charge in [0.25, 0.3) is 0 Å². The van der Waals surface area contributed by atoms with Crippen LogP contribution in [0.4, 0.5) is 0 Å². The average molecular weight is 364 g/mol. The lowest BCUT2D eigenvalue weighted by molar-refractivity contribution is 0.340. The van der Waals surface area contributed by atoms with Crippen molar-refractivity contribution in [3.63, 3.8) is 0 Å². The van der Waals surface area contributed by atoms with E-state index in [-0.39, 0.29) is 0 Å². The van der Waals surface area contributed by atoms with Crippen LogP contribution in [-0.4, -0.2) is 12.4 Å². The molecular formula is C14H20Br2O. The normalized spacial score (nSPS) is 14.4. The van der Waals surface area contributed by atoms with Gasteiger partial charge in [0.1, 0.15) is 5.75 Å². The summed E-state index contributed by atoms with van der Waals surface area (Å²) in [7, 11) is 1.69. The van der Waals surface area contributed by atoms with Gasteiger partial charge < -0.3 is 4.74 Å². The molecule has 0 aromatic heterocycles. The number of alkyl halides is 1. The SMILES string of the molecule is CCCC(C)(CBr)Cc1ccc(OC)c(Br)c1. The fourth-order valence-electron chi connectivity index (χ4n) is 2.12. The van der Waals surface area contributed by atoms with Crippen molar-refractivity contribution in [2.24, 2.45) is 5.41 Å². The van der Waals surface area contributed by atoms with Gasteiger partial charge in [0, 0.05) is 5.33 Å². The molecular weight excluding hydrogens is 344 g/mol. The van der Waals surface area contributed by atoms with E-state index in [0.29, 0.717) is 5.41 Å². The van der Waals surface area contributed by atoms with Gasteiger partial charge in [-0.15, -0.1) is 0 Å². The molecule has 0 amide bonds. The van der Waals surface area contributed by atoms with E-state index in [0.717, 1.165) is 22.0 Å². The predicted octanol–water partition coefficient (Wildman–Crippen LogP) is 5.20. The predicted molar refractivity (Wildman–Crippen MR) is 81.2 cm³/mol. The van der Waals surface area contributed by atoms with Crippen molar-refractivity contribution in [1.82, 2.24) is 0 Å². The average Bonchev–Trinajstić information content (AvgIpc) is 2.29. The first-order valence-corrected chi connectivity index (χ1v) is 7.84. The molecule has 1 unspecified atom stereocenters. The molecule has 0 saturated heterocycles. The fourth-order valence-corrected chi connectivity index (χ4v) is 3.19. The molecule has 0 fully saturated rings. The lowest BCUT2D eigenvalue weighted by Crippen LogP contribution is -2.21. The van der Waals surface area contributed by atoms with Crippen molar-refractivity contribution in [3.05, 3.63) is 28.2 Å². The summed E-state index contributed by atoms with van der Waals surface area (Å²) in [5.74, 6) is 0.893. The Kier molecular flexibility index (Phi) is 6.01. The molecule has 1 aromatic carbocycles. The number of ether oxygens (including phenoxy) is 1. The quantitative estimate of drug-likeness (QED) is 0.631. The first-order chi connectivity index (χ1) is 8.04. The molecule has 3 heteroatoms. The molecule has 96 valence electrons. The maximum Gasteiger partial charge on any atom is 0.133 e. The van der Waals surface area contributed by atoms with E-state index in [1.54, 1.807) is 7.11 Å². The molecule has 0 heterocycles. The highest BCUT2D eigenvalue weighted by Gasteiger charge is 2.22. The van der Waals surface area contributed by atoms with Crippen LogP contribution >= 0.6 is 31.9 Å². The molecule has 1 atom stereocenters. The van der Waals surface area contributed by atoms with Gasteiger partial charge in [-0.2, -0.15) is 0 Å². The summed E-state index contributed by atoms with van der Waals surface area (Å²) in [6, 6.07) is 6.34. The molecule has 1 aromatic rings. The van der Waals surface area contributed by atoms with Crippen LogP contribution in [0.15, 0.2) is 22.7 Å². The molecule has 0 bridgehead atoms. The summed E-state index contributed by atoms with van der Waals surface area (Å²) in [6.07, 6.45) is 3.55. The molecule has 0 aliphatic heterocycles. The zero-order valence-electron chi connectivity index (χ0n) is 10.7. The standard InChI is InChI=1S/C14H20Br2O/c1-4-7-14(2,10-15)9-11-5-6-13(17-3)12(16)8-11/h5-6,8H,4,7,9-10H2,1-3H3. The van der Waals surface area contributed by atoms with Crippen molar-refractivity contribution >= 4 is 31.9 Å². The number of halogens is 2.